The lowest BCUT2D eigenvalue weighted by Gasteiger charge is -2.44. The van der Waals surface area contributed by atoms with Gasteiger partial charge in [0.25, 0.3) is 0 Å². The highest BCUT2D eigenvalue weighted by molar-refractivity contribution is 4.88. The second-order valence-corrected chi connectivity index (χ2v) is 5.46. The minimum Gasteiger partial charge on any atom is -0.390 e. The number of nitrogens with one attached hydrogen (secondary N) is 1. The number of likely N-dealkylation sites (N-methyl/N-ethyl adjacent to an activating group) is 1. The van der Waals surface area contributed by atoms with Crippen LogP contribution in [0.5, 0.6) is 0 Å². The van der Waals surface area contributed by atoms with Gasteiger partial charge in [0.15, 0.2) is 0 Å². The predicted octanol–water partition coefficient (Wildman–Crippen LogP) is 1.22. The van der Waals surface area contributed by atoms with Crippen molar-refractivity contribution in [2.45, 2.75) is 50.7 Å². The molecule has 94 valence electrons. The van der Waals surface area contributed by atoms with Crippen molar-refractivity contribution in [3.8, 4) is 0 Å². The highest BCUT2D eigenvalue weighted by atomic mass is 16.3. The Bertz CT molecular complexity index is 208. The molecular weight excluding hydrogens is 200 g/mol. The monoisotopic (exact) mass is 226 g/mol. The Kier molecular flexibility index (Phi) is 4.62. The number of likely N-dealkylation sites (tertiary alicyclic amines) is 1. The predicted molar refractivity (Wildman–Crippen MR) is 66.5 cm³/mol. The maximum absolute atomic E-state index is 9.89. The summed E-state index contributed by atoms with van der Waals surface area (Å²) in [5.74, 6) is 0.921. The van der Waals surface area contributed by atoms with Gasteiger partial charge in [-0.1, -0.05) is 12.8 Å². The quantitative estimate of drug-likeness (QED) is 0.756. The van der Waals surface area contributed by atoms with E-state index in [0.29, 0.717) is 6.54 Å². The van der Waals surface area contributed by atoms with Crippen molar-refractivity contribution >= 4 is 0 Å². The average Bonchev–Trinajstić information content (AvgIpc) is 2.30. The summed E-state index contributed by atoms with van der Waals surface area (Å²) in [6.45, 7) is 2.78. The van der Waals surface area contributed by atoms with Gasteiger partial charge in [-0.3, -0.25) is 4.90 Å². The number of aliphatic hydroxyl groups is 1. The fourth-order valence-electron chi connectivity index (χ4n) is 3.53. The molecule has 2 N–H and O–H groups in total. The van der Waals surface area contributed by atoms with Gasteiger partial charge in [-0.15, -0.1) is 0 Å². The Morgan fingerprint density at radius 1 is 1.25 bits per heavy atom. The van der Waals surface area contributed by atoms with Gasteiger partial charge in [0, 0.05) is 19.1 Å². The summed E-state index contributed by atoms with van der Waals surface area (Å²) >= 11 is 0. The molecule has 1 heterocycles. The number of rotatable bonds is 4. The molecule has 0 aromatic rings. The first-order valence-electron chi connectivity index (χ1n) is 6.88. The fourth-order valence-corrected chi connectivity index (χ4v) is 3.53. The fraction of sp³-hybridized carbons (Fsp3) is 1.00. The lowest BCUT2D eigenvalue weighted by molar-refractivity contribution is 0.0218. The molecule has 1 aliphatic heterocycles. The van der Waals surface area contributed by atoms with E-state index in [9.17, 15) is 5.11 Å². The number of nitrogens with zero attached hydrogens (tertiary/aromatic N) is 1. The van der Waals surface area contributed by atoms with E-state index < -0.39 is 0 Å². The average molecular weight is 226 g/mol. The van der Waals surface area contributed by atoms with E-state index in [2.05, 4.69) is 10.2 Å². The molecule has 2 rings (SSSR count). The van der Waals surface area contributed by atoms with Crippen molar-refractivity contribution in [2.24, 2.45) is 5.92 Å². The molecule has 1 saturated heterocycles. The van der Waals surface area contributed by atoms with Crippen molar-refractivity contribution < 1.29 is 5.11 Å². The summed E-state index contributed by atoms with van der Waals surface area (Å²) in [6.07, 6.45) is 8.14. The molecule has 0 amide bonds. The molecule has 3 heteroatoms. The van der Waals surface area contributed by atoms with Crippen LogP contribution in [0.15, 0.2) is 0 Å². The zero-order chi connectivity index (χ0) is 11.4. The largest absolute Gasteiger partial charge is 0.390 e. The third kappa shape index (κ3) is 2.96. The van der Waals surface area contributed by atoms with Crippen LogP contribution in [0.2, 0.25) is 0 Å². The zero-order valence-corrected chi connectivity index (χ0v) is 10.5. The molecule has 3 nitrogen and oxygen atoms in total. The van der Waals surface area contributed by atoms with E-state index in [1.807, 2.05) is 7.05 Å². The second kappa shape index (κ2) is 5.99. The van der Waals surface area contributed by atoms with Crippen molar-refractivity contribution in [2.75, 3.05) is 26.7 Å². The molecule has 0 bridgehead atoms. The standard InChI is InChI=1S/C13H26N2O/c1-14-9-12(16)10-15-8-4-6-11-5-2-3-7-13(11)15/h11-14,16H,2-10H2,1H3. The number of β-amino-alcohol motifs (C(OH)–C–C–N with tert-alkyl or cyclic N) is 1. The van der Waals surface area contributed by atoms with Crippen LogP contribution in [-0.4, -0.2) is 48.8 Å². The molecule has 2 aliphatic rings. The van der Waals surface area contributed by atoms with Crippen LogP contribution >= 0.6 is 0 Å². The van der Waals surface area contributed by atoms with Crippen LogP contribution in [0.1, 0.15) is 38.5 Å². The molecule has 0 aromatic heterocycles. The summed E-state index contributed by atoms with van der Waals surface area (Å²) in [5.41, 5.74) is 0. The van der Waals surface area contributed by atoms with Gasteiger partial charge in [-0.2, -0.15) is 0 Å². The topological polar surface area (TPSA) is 35.5 Å². The highest BCUT2D eigenvalue weighted by Crippen LogP contribution is 2.35. The molecule has 2 fully saturated rings. The van der Waals surface area contributed by atoms with E-state index in [4.69, 9.17) is 0 Å². The smallest absolute Gasteiger partial charge is 0.0791 e. The Labute approximate surface area is 99.2 Å². The molecule has 16 heavy (non-hydrogen) atoms. The summed E-state index contributed by atoms with van der Waals surface area (Å²) in [5, 5.41) is 12.9. The number of hydrogen-bond acceptors (Lipinski definition) is 3. The first-order valence-corrected chi connectivity index (χ1v) is 6.88. The van der Waals surface area contributed by atoms with Crippen molar-refractivity contribution in [3.63, 3.8) is 0 Å². The van der Waals surface area contributed by atoms with Gasteiger partial charge in [-0.25, -0.2) is 0 Å². The van der Waals surface area contributed by atoms with Crippen molar-refractivity contribution in [1.29, 1.82) is 0 Å². The van der Waals surface area contributed by atoms with Gasteiger partial charge in [0.1, 0.15) is 0 Å². The Hall–Kier alpha value is -0.120. The number of hydrogen-bond donors (Lipinski definition) is 2. The van der Waals surface area contributed by atoms with Gasteiger partial charge in [0.2, 0.25) is 0 Å². The zero-order valence-electron chi connectivity index (χ0n) is 10.5. The molecule has 0 spiro atoms. The molecule has 1 saturated carbocycles. The summed E-state index contributed by atoms with van der Waals surface area (Å²) in [6, 6.07) is 0.772. The molecule has 0 radical (unpaired) electrons. The molecule has 1 aliphatic carbocycles. The Morgan fingerprint density at radius 3 is 2.81 bits per heavy atom. The van der Waals surface area contributed by atoms with Gasteiger partial charge < -0.3 is 10.4 Å². The normalized spacial score (nSPS) is 33.4. The lowest BCUT2D eigenvalue weighted by Crippen LogP contribution is -2.50. The molecule has 3 unspecified atom stereocenters. The van der Waals surface area contributed by atoms with Crippen LogP contribution in [-0.2, 0) is 0 Å². The van der Waals surface area contributed by atoms with Gasteiger partial charge in [0.05, 0.1) is 6.10 Å². The van der Waals surface area contributed by atoms with Gasteiger partial charge in [-0.05, 0) is 45.2 Å². The summed E-state index contributed by atoms with van der Waals surface area (Å²) in [7, 11) is 1.91. The highest BCUT2D eigenvalue weighted by Gasteiger charge is 2.33. The van der Waals surface area contributed by atoms with Crippen LogP contribution in [0.25, 0.3) is 0 Å². The molecule has 3 atom stereocenters. The minimum atomic E-state index is -0.203. The summed E-state index contributed by atoms with van der Waals surface area (Å²) in [4.78, 5) is 2.55. The third-order valence-electron chi connectivity index (χ3n) is 4.24. The second-order valence-electron chi connectivity index (χ2n) is 5.46. The molecular formula is C13H26N2O. The minimum absolute atomic E-state index is 0.203. The first kappa shape index (κ1) is 12.3. The first-order chi connectivity index (χ1) is 7.81. The maximum Gasteiger partial charge on any atom is 0.0791 e. The van der Waals surface area contributed by atoms with E-state index in [1.54, 1.807) is 0 Å². The maximum atomic E-state index is 9.89. The van der Waals surface area contributed by atoms with Crippen molar-refractivity contribution in [3.05, 3.63) is 0 Å². The Balaban J connectivity index is 1.87. The Morgan fingerprint density at radius 2 is 2.00 bits per heavy atom. The number of piperidine rings is 1. The van der Waals surface area contributed by atoms with E-state index >= 15 is 0 Å². The van der Waals surface area contributed by atoms with Crippen LogP contribution < -0.4 is 5.32 Å². The van der Waals surface area contributed by atoms with Gasteiger partial charge >= 0.3 is 0 Å². The van der Waals surface area contributed by atoms with Crippen molar-refractivity contribution in [1.82, 2.24) is 10.2 Å². The number of aliphatic hydroxyl groups excluding tert-OH is 1. The van der Waals surface area contributed by atoms with Crippen LogP contribution in [0.4, 0.5) is 0 Å². The van der Waals surface area contributed by atoms with E-state index in [-0.39, 0.29) is 6.10 Å². The lowest BCUT2D eigenvalue weighted by atomic mass is 9.78. The summed E-state index contributed by atoms with van der Waals surface area (Å²) < 4.78 is 0. The van der Waals surface area contributed by atoms with E-state index in [1.165, 1.54) is 45.1 Å². The van der Waals surface area contributed by atoms with Crippen LogP contribution in [0.3, 0.4) is 0 Å². The SMILES string of the molecule is CNCC(O)CN1CCCC2CCCCC21. The van der Waals surface area contributed by atoms with E-state index in [0.717, 1.165) is 18.5 Å². The third-order valence-corrected chi connectivity index (χ3v) is 4.24. The van der Waals surface area contributed by atoms with Crippen LogP contribution in [0, 0.1) is 5.92 Å². The number of fused-ring (bicyclic) bond motifs is 1. The molecule has 0 aromatic carbocycles.